The Labute approximate surface area is 122 Å². The number of nitrogens with two attached hydrogens (primary N) is 1. The number of halogens is 1. The SMILES string of the molecule is Cl.NC(=O)c1cnc2[nH]ccc2c1N[C@@H]1CCCNC1. The highest BCUT2D eigenvalue weighted by molar-refractivity contribution is 6.05. The van der Waals surface area contributed by atoms with Crippen LogP contribution in [-0.2, 0) is 0 Å². The lowest BCUT2D eigenvalue weighted by molar-refractivity contribution is 0.100. The second-order valence-electron chi connectivity index (χ2n) is 4.84. The molecule has 3 rings (SSSR count). The molecule has 0 saturated carbocycles. The van der Waals surface area contributed by atoms with Crippen LogP contribution in [0.3, 0.4) is 0 Å². The van der Waals surface area contributed by atoms with Gasteiger partial charge in [0.25, 0.3) is 5.91 Å². The fraction of sp³-hybridized carbons (Fsp3) is 0.385. The number of nitrogens with zero attached hydrogens (tertiary/aromatic N) is 1. The van der Waals surface area contributed by atoms with Gasteiger partial charge < -0.3 is 21.4 Å². The number of carbonyl (C=O) groups is 1. The molecule has 1 aliphatic rings. The summed E-state index contributed by atoms with van der Waals surface area (Å²) in [6.45, 7) is 1.95. The number of carbonyl (C=O) groups excluding carboxylic acids is 1. The van der Waals surface area contributed by atoms with Gasteiger partial charge in [-0.25, -0.2) is 4.98 Å². The van der Waals surface area contributed by atoms with Crippen LogP contribution in [0.25, 0.3) is 11.0 Å². The molecule has 6 nitrogen and oxygen atoms in total. The van der Waals surface area contributed by atoms with E-state index < -0.39 is 5.91 Å². The zero-order valence-electron chi connectivity index (χ0n) is 11.0. The Bertz CT molecular complexity index is 606. The van der Waals surface area contributed by atoms with Gasteiger partial charge in [0.2, 0.25) is 0 Å². The van der Waals surface area contributed by atoms with Gasteiger partial charge in [0.05, 0.1) is 11.3 Å². The highest BCUT2D eigenvalue weighted by atomic mass is 35.5. The Morgan fingerprint density at radius 3 is 3.05 bits per heavy atom. The van der Waals surface area contributed by atoms with E-state index >= 15 is 0 Å². The third-order valence-electron chi connectivity index (χ3n) is 3.50. The van der Waals surface area contributed by atoms with Gasteiger partial charge in [0.1, 0.15) is 5.65 Å². The summed E-state index contributed by atoms with van der Waals surface area (Å²) in [7, 11) is 0. The van der Waals surface area contributed by atoms with Crippen LogP contribution in [0.4, 0.5) is 5.69 Å². The lowest BCUT2D eigenvalue weighted by Crippen LogP contribution is -2.38. The molecule has 0 spiro atoms. The normalized spacial score (nSPS) is 18.5. The van der Waals surface area contributed by atoms with E-state index in [4.69, 9.17) is 5.73 Å². The van der Waals surface area contributed by atoms with Crippen molar-refractivity contribution in [2.45, 2.75) is 18.9 Å². The summed E-state index contributed by atoms with van der Waals surface area (Å²) in [6, 6.07) is 2.22. The van der Waals surface area contributed by atoms with E-state index in [9.17, 15) is 4.79 Å². The van der Waals surface area contributed by atoms with Crippen molar-refractivity contribution in [3.05, 3.63) is 24.0 Å². The van der Waals surface area contributed by atoms with Gasteiger partial charge in [-0.2, -0.15) is 0 Å². The van der Waals surface area contributed by atoms with Crippen LogP contribution in [0, 0.1) is 0 Å². The number of amides is 1. The van der Waals surface area contributed by atoms with Gasteiger partial charge in [0.15, 0.2) is 0 Å². The van der Waals surface area contributed by atoms with Crippen LogP contribution in [-0.4, -0.2) is 35.0 Å². The van der Waals surface area contributed by atoms with Crippen LogP contribution in [0.2, 0.25) is 0 Å². The highest BCUT2D eigenvalue weighted by Gasteiger charge is 2.18. The van der Waals surface area contributed by atoms with E-state index in [1.54, 1.807) is 0 Å². The first-order valence-corrected chi connectivity index (χ1v) is 6.49. The zero-order chi connectivity index (χ0) is 13.2. The summed E-state index contributed by atoms with van der Waals surface area (Å²) in [5.74, 6) is -0.457. The zero-order valence-corrected chi connectivity index (χ0v) is 11.8. The summed E-state index contributed by atoms with van der Waals surface area (Å²) in [6.07, 6.45) is 5.55. The number of anilines is 1. The molecule has 1 amide bonds. The summed E-state index contributed by atoms with van der Waals surface area (Å²) < 4.78 is 0. The molecule has 0 aliphatic carbocycles. The van der Waals surface area contributed by atoms with Crippen LogP contribution in [0.1, 0.15) is 23.2 Å². The topological polar surface area (TPSA) is 95.8 Å². The van der Waals surface area contributed by atoms with E-state index in [-0.39, 0.29) is 12.4 Å². The Kier molecular flexibility index (Phi) is 4.46. The first-order valence-electron chi connectivity index (χ1n) is 6.49. The molecule has 20 heavy (non-hydrogen) atoms. The first kappa shape index (κ1) is 14.6. The fourth-order valence-corrected chi connectivity index (χ4v) is 2.53. The molecule has 7 heteroatoms. The molecule has 0 aromatic carbocycles. The minimum Gasteiger partial charge on any atom is -0.380 e. The molecule has 1 aliphatic heterocycles. The number of aromatic amines is 1. The van der Waals surface area contributed by atoms with Crippen molar-refractivity contribution in [2.24, 2.45) is 5.73 Å². The number of rotatable bonds is 3. The van der Waals surface area contributed by atoms with Gasteiger partial charge in [-0.3, -0.25) is 4.79 Å². The van der Waals surface area contributed by atoms with Crippen molar-refractivity contribution >= 4 is 35.0 Å². The number of fused-ring (bicyclic) bond motifs is 1. The van der Waals surface area contributed by atoms with Crippen molar-refractivity contribution in [1.82, 2.24) is 15.3 Å². The monoisotopic (exact) mass is 295 g/mol. The maximum atomic E-state index is 11.5. The van der Waals surface area contributed by atoms with Gasteiger partial charge in [0, 0.05) is 30.4 Å². The first-order chi connectivity index (χ1) is 9.25. The standard InChI is InChI=1S/C13H17N5O.ClH/c14-12(19)10-7-17-13-9(3-5-16-13)11(10)18-8-2-1-4-15-6-8;/h3,5,7-8,15H,1-2,4,6H2,(H2,14,19)(H2,16,17,18);1H/t8-;/m1./s1. The van der Waals surface area contributed by atoms with Gasteiger partial charge in [-0.15, -0.1) is 12.4 Å². The predicted molar refractivity (Wildman–Crippen MR) is 81.4 cm³/mol. The maximum Gasteiger partial charge on any atom is 0.252 e. The second-order valence-corrected chi connectivity index (χ2v) is 4.84. The number of H-pyrrole nitrogens is 1. The molecule has 108 valence electrons. The Morgan fingerprint density at radius 1 is 1.50 bits per heavy atom. The molecular formula is C13H18ClN5O. The number of hydrogen-bond acceptors (Lipinski definition) is 4. The number of pyridine rings is 1. The van der Waals surface area contributed by atoms with Gasteiger partial charge in [-0.1, -0.05) is 0 Å². The molecule has 2 aromatic rings. The minimum atomic E-state index is -0.457. The molecular weight excluding hydrogens is 278 g/mol. The van der Waals surface area contributed by atoms with E-state index in [0.717, 1.165) is 42.7 Å². The van der Waals surface area contributed by atoms with Crippen LogP contribution in [0.15, 0.2) is 18.5 Å². The average molecular weight is 296 g/mol. The van der Waals surface area contributed by atoms with E-state index in [0.29, 0.717) is 11.6 Å². The number of hydrogen-bond donors (Lipinski definition) is 4. The molecule has 1 saturated heterocycles. The van der Waals surface area contributed by atoms with Crippen molar-refractivity contribution in [3.8, 4) is 0 Å². The quantitative estimate of drug-likeness (QED) is 0.685. The van der Waals surface area contributed by atoms with E-state index in [1.165, 1.54) is 6.20 Å². The van der Waals surface area contributed by atoms with Crippen molar-refractivity contribution < 1.29 is 4.79 Å². The fourth-order valence-electron chi connectivity index (χ4n) is 2.53. The van der Waals surface area contributed by atoms with Crippen molar-refractivity contribution in [3.63, 3.8) is 0 Å². The minimum absolute atomic E-state index is 0. The third kappa shape index (κ3) is 2.71. The summed E-state index contributed by atoms with van der Waals surface area (Å²) in [5, 5.41) is 7.68. The second kappa shape index (κ2) is 6.11. The number of nitrogens with one attached hydrogen (secondary N) is 3. The Balaban J connectivity index is 0.00000147. The average Bonchev–Trinajstić information content (AvgIpc) is 2.88. The molecule has 1 fully saturated rings. The van der Waals surface area contributed by atoms with E-state index in [2.05, 4.69) is 20.6 Å². The smallest absolute Gasteiger partial charge is 0.252 e. The van der Waals surface area contributed by atoms with Crippen LogP contribution >= 0.6 is 12.4 Å². The Hall–Kier alpha value is -1.79. The van der Waals surface area contributed by atoms with Crippen LogP contribution < -0.4 is 16.4 Å². The molecule has 5 N–H and O–H groups in total. The maximum absolute atomic E-state index is 11.5. The largest absolute Gasteiger partial charge is 0.380 e. The molecule has 3 heterocycles. The molecule has 2 aromatic heterocycles. The lowest BCUT2D eigenvalue weighted by atomic mass is 10.1. The highest BCUT2D eigenvalue weighted by Crippen LogP contribution is 2.26. The summed E-state index contributed by atoms with van der Waals surface area (Å²) in [5.41, 5.74) is 7.42. The molecule has 0 unspecified atom stereocenters. The number of primary amides is 1. The van der Waals surface area contributed by atoms with E-state index in [1.807, 2.05) is 12.3 Å². The molecule has 0 bridgehead atoms. The van der Waals surface area contributed by atoms with Crippen molar-refractivity contribution in [1.29, 1.82) is 0 Å². The van der Waals surface area contributed by atoms with Crippen LogP contribution in [0.5, 0.6) is 0 Å². The van der Waals surface area contributed by atoms with Gasteiger partial charge in [-0.05, 0) is 25.5 Å². The summed E-state index contributed by atoms with van der Waals surface area (Å²) >= 11 is 0. The summed E-state index contributed by atoms with van der Waals surface area (Å²) in [4.78, 5) is 18.8. The predicted octanol–water partition coefficient (Wildman–Crippen LogP) is 1.25. The number of aromatic nitrogens is 2. The Morgan fingerprint density at radius 2 is 2.35 bits per heavy atom. The third-order valence-corrected chi connectivity index (χ3v) is 3.50. The number of piperidine rings is 1. The lowest BCUT2D eigenvalue weighted by Gasteiger charge is -2.25. The molecule has 1 atom stereocenters. The van der Waals surface area contributed by atoms with Crippen molar-refractivity contribution in [2.75, 3.05) is 18.4 Å². The molecule has 0 radical (unpaired) electrons. The van der Waals surface area contributed by atoms with Gasteiger partial charge >= 0.3 is 0 Å².